The quantitative estimate of drug-likeness (QED) is 0.535. The number of aromatic amines is 1. The third-order valence-corrected chi connectivity index (χ3v) is 3.36. The van der Waals surface area contributed by atoms with Gasteiger partial charge in [-0.1, -0.05) is 18.2 Å². The van der Waals surface area contributed by atoms with E-state index in [9.17, 15) is 0 Å². The van der Waals surface area contributed by atoms with Gasteiger partial charge >= 0.3 is 0 Å². The Morgan fingerprint density at radius 2 is 1.47 bits per heavy atom. The van der Waals surface area contributed by atoms with Gasteiger partial charge in [0.25, 0.3) is 0 Å². The van der Waals surface area contributed by atoms with Gasteiger partial charge in [0.1, 0.15) is 0 Å². The summed E-state index contributed by atoms with van der Waals surface area (Å²) in [7, 11) is 0. The van der Waals surface area contributed by atoms with E-state index >= 15 is 0 Å². The molecule has 0 aliphatic rings. The SMILES string of the molecule is Sc1ccc(-c2cc3ccc(S)cc3[nH]2)cc1. The first-order valence-corrected chi connectivity index (χ1v) is 6.23. The van der Waals surface area contributed by atoms with Gasteiger partial charge in [-0.3, -0.25) is 0 Å². The number of hydrogen-bond acceptors (Lipinski definition) is 2. The molecule has 1 aromatic heterocycles. The number of thiol groups is 2. The monoisotopic (exact) mass is 257 g/mol. The smallest absolute Gasteiger partial charge is 0.0469 e. The molecule has 2 aromatic carbocycles. The molecule has 0 fully saturated rings. The first kappa shape index (κ1) is 10.8. The van der Waals surface area contributed by atoms with E-state index in [1.807, 2.05) is 24.3 Å². The zero-order valence-electron chi connectivity index (χ0n) is 9.01. The number of rotatable bonds is 1. The van der Waals surface area contributed by atoms with Crippen LogP contribution in [-0.2, 0) is 0 Å². The Hall–Kier alpha value is -1.32. The lowest BCUT2D eigenvalue weighted by molar-refractivity contribution is 1.40. The molecule has 1 N–H and O–H groups in total. The van der Waals surface area contributed by atoms with Crippen LogP contribution in [0.15, 0.2) is 58.3 Å². The fourth-order valence-corrected chi connectivity index (χ4v) is 2.26. The van der Waals surface area contributed by atoms with Crippen LogP contribution in [0.4, 0.5) is 0 Å². The number of nitrogens with one attached hydrogen (secondary N) is 1. The van der Waals surface area contributed by atoms with Gasteiger partial charge in [0.2, 0.25) is 0 Å². The lowest BCUT2D eigenvalue weighted by Crippen LogP contribution is -1.76. The maximum absolute atomic E-state index is 4.34. The minimum atomic E-state index is 0.969. The predicted molar refractivity (Wildman–Crippen MR) is 78.2 cm³/mol. The molecule has 84 valence electrons. The average Bonchev–Trinajstić information content (AvgIpc) is 2.72. The summed E-state index contributed by atoms with van der Waals surface area (Å²) in [6.45, 7) is 0. The van der Waals surface area contributed by atoms with Crippen LogP contribution in [0, 0.1) is 0 Å². The van der Waals surface area contributed by atoms with Gasteiger partial charge in [0.15, 0.2) is 0 Å². The van der Waals surface area contributed by atoms with E-state index in [2.05, 4.69) is 54.5 Å². The van der Waals surface area contributed by atoms with Crippen molar-refractivity contribution in [2.45, 2.75) is 9.79 Å². The van der Waals surface area contributed by atoms with Crippen LogP contribution in [0.2, 0.25) is 0 Å². The van der Waals surface area contributed by atoms with Crippen LogP contribution < -0.4 is 0 Å². The summed E-state index contributed by atoms with van der Waals surface area (Å²) in [4.78, 5) is 5.34. The molecule has 1 nitrogen and oxygen atoms in total. The van der Waals surface area contributed by atoms with E-state index in [4.69, 9.17) is 0 Å². The van der Waals surface area contributed by atoms with E-state index < -0.39 is 0 Å². The molecule has 3 aromatic rings. The second kappa shape index (κ2) is 4.17. The molecule has 0 aliphatic carbocycles. The van der Waals surface area contributed by atoms with Gasteiger partial charge in [-0.05, 0) is 35.9 Å². The average molecular weight is 257 g/mol. The molecular weight excluding hydrogens is 246 g/mol. The lowest BCUT2D eigenvalue weighted by atomic mass is 10.1. The highest BCUT2D eigenvalue weighted by Gasteiger charge is 2.03. The number of benzene rings is 2. The van der Waals surface area contributed by atoms with Crippen molar-refractivity contribution in [2.75, 3.05) is 0 Å². The van der Waals surface area contributed by atoms with Crippen LogP contribution in [0.25, 0.3) is 22.2 Å². The first-order chi connectivity index (χ1) is 8.22. The third-order valence-electron chi connectivity index (χ3n) is 2.78. The van der Waals surface area contributed by atoms with Gasteiger partial charge in [-0.2, -0.15) is 0 Å². The zero-order valence-corrected chi connectivity index (χ0v) is 10.8. The fourth-order valence-electron chi connectivity index (χ4n) is 1.91. The molecule has 0 spiro atoms. The second-order valence-electron chi connectivity index (χ2n) is 4.00. The van der Waals surface area contributed by atoms with Crippen molar-refractivity contribution < 1.29 is 0 Å². The summed E-state index contributed by atoms with van der Waals surface area (Å²) in [5.41, 5.74) is 3.40. The Bertz CT molecular complexity index is 668. The Morgan fingerprint density at radius 1 is 0.765 bits per heavy atom. The zero-order chi connectivity index (χ0) is 11.8. The molecule has 0 aliphatic heterocycles. The molecule has 3 rings (SSSR count). The third kappa shape index (κ3) is 2.08. The summed E-state index contributed by atoms with van der Waals surface area (Å²) < 4.78 is 0. The number of hydrogen-bond donors (Lipinski definition) is 3. The van der Waals surface area contributed by atoms with Gasteiger partial charge in [-0.15, -0.1) is 25.3 Å². The maximum Gasteiger partial charge on any atom is 0.0469 e. The lowest BCUT2D eigenvalue weighted by Gasteiger charge is -1.97. The van der Waals surface area contributed by atoms with E-state index in [0.29, 0.717) is 0 Å². The Labute approximate surface area is 111 Å². The fraction of sp³-hybridized carbons (Fsp3) is 0. The predicted octanol–water partition coefficient (Wildman–Crippen LogP) is 4.41. The van der Waals surface area contributed by atoms with Crippen molar-refractivity contribution in [2.24, 2.45) is 0 Å². The van der Waals surface area contributed by atoms with Crippen molar-refractivity contribution >= 4 is 36.2 Å². The Morgan fingerprint density at radius 3 is 2.24 bits per heavy atom. The van der Waals surface area contributed by atoms with Crippen LogP contribution in [0.5, 0.6) is 0 Å². The van der Waals surface area contributed by atoms with Crippen molar-refractivity contribution in [3.8, 4) is 11.3 Å². The molecular formula is C14H11NS2. The van der Waals surface area contributed by atoms with E-state index in [1.54, 1.807) is 0 Å². The van der Waals surface area contributed by atoms with E-state index in [0.717, 1.165) is 21.0 Å². The summed E-state index contributed by atoms with van der Waals surface area (Å²) in [6, 6.07) is 16.4. The summed E-state index contributed by atoms with van der Waals surface area (Å²) >= 11 is 8.63. The molecule has 0 saturated heterocycles. The van der Waals surface area contributed by atoms with Gasteiger partial charge < -0.3 is 4.98 Å². The molecule has 17 heavy (non-hydrogen) atoms. The van der Waals surface area contributed by atoms with Crippen molar-refractivity contribution in [1.29, 1.82) is 0 Å². The molecule has 0 saturated carbocycles. The Kier molecular flexibility index (Phi) is 2.65. The molecule has 0 amide bonds. The summed E-state index contributed by atoms with van der Waals surface area (Å²) in [6.07, 6.45) is 0. The van der Waals surface area contributed by atoms with Crippen LogP contribution in [-0.4, -0.2) is 4.98 Å². The van der Waals surface area contributed by atoms with Gasteiger partial charge in [0.05, 0.1) is 0 Å². The highest BCUT2D eigenvalue weighted by molar-refractivity contribution is 7.80. The van der Waals surface area contributed by atoms with Crippen molar-refractivity contribution in [3.05, 3.63) is 48.5 Å². The van der Waals surface area contributed by atoms with E-state index in [-0.39, 0.29) is 0 Å². The maximum atomic E-state index is 4.34. The highest BCUT2D eigenvalue weighted by Crippen LogP contribution is 2.26. The number of H-pyrrole nitrogens is 1. The first-order valence-electron chi connectivity index (χ1n) is 5.33. The normalized spacial score (nSPS) is 10.9. The van der Waals surface area contributed by atoms with Crippen molar-refractivity contribution in [3.63, 3.8) is 0 Å². The van der Waals surface area contributed by atoms with E-state index in [1.165, 1.54) is 10.9 Å². The second-order valence-corrected chi connectivity index (χ2v) is 5.03. The summed E-state index contributed by atoms with van der Waals surface area (Å²) in [5.74, 6) is 0. The van der Waals surface area contributed by atoms with Crippen LogP contribution in [0.1, 0.15) is 0 Å². The molecule has 0 atom stereocenters. The summed E-state index contributed by atoms with van der Waals surface area (Å²) in [5, 5.41) is 1.20. The minimum Gasteiger partial charge on any atom is -0.354 e. The van der Waals surface area contributed by atoms with Crippen LogP contribution in [0.3, 0.4) is 0 Å². The highest BCUT2D eigenvalue weighted by atomic mass is 32.1. The Balaban J connectivity index is 2.14. The number of aromatic nitrogens is 1. The van der Waals surface area contributed by atoms with Gasteiger partial charge in [0, 0.05) is 26.4 Å². The topological polar surface area (TPSA) is 15.8 Å². The van der Waals surface area contributed by atoms with Crippen molar-refractivity contribution in [1.82, 2.24) is 4.98 Å². The molecule has 1 heterocycles. The molecule has 0 unspecified atom stereocenters. The molecule has 0 radical (unpaired) electrons. The largest absolute Gasteiger partial charge is 0.354 e. The standard InChI is InChI=1S/C14H11NS2/c16-11-4-1-9(2-5-11)13-7-10-3-6-12(17)8-14(10)15-13/h1-8,15-17H. The van der Waals surface area contributed by atoms with Gasteiger partial charge in [-0.25, -0.2) is 0 Å². The van der Waals surface area contributed by atoms with Crippen LogP contribution >= 0.6 is 25.3 Å². The molecule has 3 heteroatoms. The number of fused-ring (bicyclic) bond motifs is 1. The molecule has 0 bridgehead atoms. The minimum absolute atomic E-state index is 0.969.